The number of carbonyl (C=O) groups is 2. The van der Waals surface area contributed by atoms with Gasteiger partial charge in [-0.25, -0.2) is 9.59 Å². The van der Waals surface area contributed by atoms with Crippen LogP contribution >= 0.6 is 0 Å². The summed E-state index contributed by atoms with van der Waals surface area (Å²) in [6, 6.07) is 10.1. The van der Waals surface area contributed by atoms with Gasteiger partial charge in [0.05, 0.1) is 17.8 Å². The molecule has 1 heterocycles. The maximum Gasteiger partial charge on any atom is 0.335 e. The molecule has 0 bridgehead atoms. The minimum atomic E-state index is -1.03. The van der Waals surface area contributed by atoms with Crippen LogP contribution in [0.1, 0.15) is 42.4 Å². The lowest BCUT2D eigenvalue weighted by Gasteiger charge is -2.19. The van der Waals surface area contributed by atoms with Gasteiger partial charge in [-0.3, -0.25) is 4.98 Å². The number of urea groups is 1. The normalized spacial score (nSPS) is 11.0. The Kier molecular flexibility index (Phi) is 5.18. The van der Waals surface area contributed by atoms with E-state index in [1.54, 1.807) is 0 Å². The second-order valence-corrected chi connectivity index (χ2v) is 6.48. The second-order valence-electron chi connectivity index (χ2n) is 6.48. The van der Waals surface area contributed by atoms with E-state index in [1.165, 1.54) is 23.9 Å². The maximum absolute atomic E-state index is 11.9. The van der Waals surface area contributed by atoms with E-state index < -0.39 is 5.97 Å². The van der Waals surface area contributed by atoms with Crippen molar-refractivity contribution in [3.63, 3.8) is 0 Å². The fraction of sp³-hybridized carbons (Fsp3) is 0.278. The molecule has 2 amide bonds. The number of nitrogens with one attached hydrogen (secondary N) is 2. The van der Waals surface area contributed by atoms with Gasteiger partial charge in [0.2, 0.25) is 0 Å². The van der Waals surface area contributed by atoms with Crippen LogP contribution in [-0.4, -0.2) is 22.1 Å². The molecular formula is C18H21N3O3. The molecule has 0 saturated carbocycles. The smallest absolute Gasteiger partial charge is 0.335 e. The highest BCUT2D eigenvalue weighted by molar-refractivity contribution is 5.89. The summed E-state index contributed by atoms with van der Waals surface area (Å²) in [5.74, 6) is -1.03. The van der Waals surface area contributed by atoms with E-state index in [-0.39, 0.29) is 23.6 Å². The highest BCUT2D eigenvalue weighted by Gasteiger charge is 2.13. The Bertz CT molecular complexity index is 734. The topological polar surface area (TPSA) is 91.3 Å². The summed E-state index contributed by atoms with van der Waals surface area (Å²) in [5, 5.41) is 14.3. The van der Waals surface area contributed by atoms with Crippen LogP contribution in [0.3, 0.4) is 0 Å². The molecule has 0 atom stereocenters. The van der Waals surface area contributed by atoms with E-state index >= 15 is 0 Å². The first kappa shape index (κ1) is 17.5. The van der Waals surface area contributed by atoms with Gasteiger partial charge in [-0.2, -0.15) is 0 Å². The van der Waals surface area contributed by atoms with Crippen molar-refractivity contribution in [2.24, 2.45) is 0 Å². The van der Waals surface area contributed by atoms with Crippen molar-refractivity contribution >= 4 is 17.7 Å². The molecule has 1 aromatic carbocycles. The van der Waals surface area contributed by atoms with Gasteiger partial charge in [0.25, 0.3) is 0 Å². The van der Waals surface area contributed by atoms with Gasteiger partial charge in [-0.1, -0.05) is 32.9 Å². The number of aromatic nitrogens is 1. The van der Waals surface area contributed by atoms with Crippen molar-refractivity contribution in [1.82, 2.24) is 10.3 Å². The summed E-state index contributed by atoms with van der Waals surface area (Å²) in [7, 11) is 0. The lowest BCUT2D eigenvalue weighted by molar-refractivity contribution is 0.0696. The van der Waals surface area contributed by atoms with Crippen molar-refractivity contribution in [3.8, 4) is 0 Å². The maximum atomic E-state index is 11.9. The fourth-order valence-electron chi connectivity index (χ4n) is 2.11. The van der Waals surface area contributed by atoms with Gasteiger partial charge in [0, 0.05) is 11.9 Å². The molecule has 6 nitrogen and oxygen atoms in total. The summed E-state index contributed by atoms with van der Waals surface area (Å²) in [4.78, 5) is 26.9. The van der Waals surface area contributed by atoms with Crippen LogP contribution in [0.15, 0.2) is 42.6 Å². The Labute approximate surface area is 140 Å². The number of nitrogens with zero attached hydrogens (tertiary/aromatic N) is 1. The lowest BCUT2D eigenvalue weighted by Crippen LogP contribution is -2.28. The Hall–Kier alpha value is -2.89. The molecule has 126 valence electrons. The minimum Gasteiger partial charge on any atom is -0.478 e. The number of amides is 2. The summed E-state index contributed by atoms with van der Waals surface area (Å²) < 4.78 is 0. The molecule has 0 spiro atoms. The molecule has 0 fully saturated rings. The van der Waals surface area contributed by atoms with Crippen LogP contribution < -0.4 is 10.6 Å². The average molecular weight is 327 g/mol. The van der Waals surface area contributed by atoms with E-state index in [0.29, 0.717) is 11.4 Å². The van der Waals surface area contributed by atoms with Gasteiger partial charge in [0.1, 0.15) is 0 Å². The SMILES string of the molecule is CC(C)(C)c1ccc(NC(=O)NCc2cc(C(=O)O)ccn2)cc1. The average Bonchev–Trinajstić information content (AvgIpc) is 2.53. The van der Waals surface area contributed by atoms with Crippen molar-refractivity contribution in [3.05, 3.63) is 59.4 Å². The highest BCUT2D eigenvalue weighted by Crippen LogP contribution is 2.23. The third kappa shape index (κ3) is 4.81. The van der Waals surface area contributed by atoms with Gasteiger partial charge in [0.15, 0.2) is 0 Å². The molecule has 3 N–H and O–H groups in total. The summed E-state index contributed by atoms with van der Waals surface area (Å²) in [6.45, 7) is 6.52. The Morgan fingerprint density at radius 2 is 1.79 bits per heavy atom. The Morgan fingerprint density at radius 3 is 2.38 bits per heavy atom. The highest BCUT2D eigenvalue weighted by atomic mass is 16.4. The summed E-state index contributed by atoms with van der Waals surface area (Å²) in [5.41, 5.74) is 2.55. The molecule has 0 unspecified atom stereocenters. The zero-order valence-corrected chi connectivity index (χ0v) is 14.0. The van der Waals surface area contributed by atoms with Crippen LogP contribution in [0.2, 0.25) is 0 Å². The van der Waals surface area contributed by atoms with E-state index in [4.69, 9.17) is 5.11 Å². The van der Waals surface area contributed by atoms with Crippen molar-refractivity contribution in [2.45, 2.75) is 32.7 Å². The third-order valence-corrected chi connectivity index (χ3v) is 3.50. The van der Waals surface area contributed by atoms with E-state index in [9.17, 15) is 9.59 Å². The number of hydrogen-bond donors (Lipinski definition) is 3. The number of anilines is 1. The van der Waals surface area contributed by atoms with Crippen LogP contribution in [-0.2, 0) is 12.0 Å². The van der Waals surface area contributed by atoms with Crippen LogP contribution in [0, 0.1) is 0 Å². The molecule has 1 aromatic heterocycles. The van der Waals surface area contributed by atoms with Gasteiger partial charge < -0.3 is 15.7 Å². The Morgan fingerprint density at radius 1 is 1.12 bits per heavy atom. The van der Waals surface area contributed by atoms with Crippen LogP contribution in [0.5, 0.6) is 0 Å². The van der Waals surface area contributed by atoms with E-state index in [1.807, 2.05) is 24.3 Å². The van der Waals surface area contributed by atoms with Gasteiger partial charge >= 0.3 is 12.0 Å². The zero-order chi connectivity index (χ0) is 17.7. The van der Waals surface area contributed by atoms with Crippen molar-refractivity contribution in [1.29, 1.82) is 0 Å². The van der Waals surface area contributed by atoms with Crippen molar-refractivity contribution < 1.29 is 14.7 Å². The van der Waals surface area contributed by atoms with E-state index in [0.717, 1.165) is 0 Å². The number of carboxylic acids is 1. The second kappa shape index (κ2) is 7.12. The molecule has 2 aromatic rings. The quantitative estimate of drug-likeness (QED) is 0.802. The summed E-state index contributed by atoms with van der Waals surface area (Å²) in [6.07, 6.45) is 1.41. The first-order valence-corrected chi connectivity index (χ1v) is 7.59. The largest absolute Gasteiger partial charge is 0.478 e. The standard InChI is InChI=1S/C18H21N3O3/c1-18(2,3)13-4-6-14(7-5-13)21-17(24)20-11-15-10-12(16(22)23)8-9-19-15/h4-10H,11H2,1-3H3,(H,22,23)(H2,20,21,24). The minimum absolute atomic E-state index is 0.0572. The number of rotatable bonds is 4. The molecule has 0 saturated heterocycles. The molecule has 24 heavy (non-hydrogen) atoms. The number of carbonyl (C=O) groups excluding carboxylic acids is 1. The molecule has 6 heteroatoms. The van der Waals surface area contributed by atoms with Gasteiger partial charge in [-0.05, 0) is 35.2 Å². The molecule has 0 radical (unpaired) electrons. The number of hydrogen-bond acceptors (Lipinski definition) is 3. The predicted octanol–water partition coefficient (Wildman–Crippen LogP) is 3.40. The Balaban J connectivity index is 1.92. The van der Waals surface area contributed by atoms with Crippen molar-refractivity contribution in [2.75, 3.05) is 5.32 Å². The number of carboxylic acid groups (broad SMARTS) is 1. The first-order chi connectivity index (χ1) is 11.3. The molecule has 0 aliphatic rings. The van der Waals surface area contributed by atoms with Gasteiger partial charge in [-0.15, -0.1) is 0 Å². The van der Waals surface area contributed by atoms with E-state index in [2.05, 4.69) is 36.4 Å². The fourth-order valence-corrected chi connectivity index (χ4v) is 2.11. The molecular weight excluding hydrogens is 306 g/mol. The number of aromatic carboxylic acids is 1. The number of benzene rings is 1. The number of pyridine rings is 1. The predicted molar refractivity (Wildman–Crippen MR) is 92.2 cm³/mol. The van der Waals surface area contributed by atoms with Crippen LogP contribution in [0.4, 0.5) is 10.5 Å². The summed E-state index contributed by atoms with van der Waals surface area (Å²) >= 11 is 0. The monoisotopic (exact) mass is 327 g/mol. The molecule has 2 rings (SSSR count). The lowest BCUT2D eigenvalue weighted by atomic mass is 9.87. The molecule has 0 aliphatic heterocycles. The van der Waals surface area contributed by atoms with Crippen LogP contribution in [0.25, 0.3) is 0 Å². The zero-order valence-electron chi connectivity index (χ0n) is 14.0. The first-order valence-electron chi connectivity index (χ1n) is 7.59. The third-order valence-electron chi connectivity index (χ3n) is 3.50. The molecule has 0 aliphatic carbocycles.